The Morgan fingerprint density at radius 1 is 1.37 bits per heavy atom. The Bertz CT molecular complexity index is 439. The van der Waals surface area contributed by atoms with Gasteiger partial charge in [-0.15, -0.1) is 0 Å². The van der Waals surface area contributed by atoms with Crippen LogP contribution in [0.2, 0.25) is 5.02 Å². The molecule has 0 saturated heterocycles. The van der Waals surface area contributed by atoms with Gasteiger partial charge in [-0.3, -0.25) is 4.79 Å². The average molecular weight is 285 g/mol. The van der Waals surface area contributed by atoms with Crippen molar-refractivity contribution in [1.29, 1.82) is 0 Å². The maximum absolute atomic E-state index is 13.6. The summed E-state index contributed by atoms with van der Waals surface area (Å²) >= 11 is 5.89. The Morgan fingerprint density at radius 3 is 2.63 bits per heavy atom. The highest BCUT2D eigenvalue weighted by atomic mass is 35.5. The molecule has 0 aromatic heterocycles. The molecule has 19 heavy (non-hydrogen) atoms. The van der Waals surface area contributed by atoms with Crippen molar-refractivity contribution in [3.8, 4) is 0 Å². The van der Waals surface area contributed by atoms with Gasteiger partial charge in [0, 0.05) is 5.92 Å². The maximum Gasteiger partial charge on any atom is 0.227 e. The molecule has 1 aliphatic rings. The molecule has 0 atom stereocenters. The van der Waals surface area contributed by atoms with Gasteiger partial charge >= 0.3 is 0 Å². The second-order valence-corrected chi connectivity index (χ2v) is 5.45. The number of carbonyl (C=O) groups excluding carboxylic acids is 1. The van der Waals surface area contributed by atoms with Gasteiger partial charge in [0.25, 0.3) is 0 Å². The van der Waals surface area contributed by atoms with Gasteiger partial charge in [0.2, 0.25) is 5.91 Å². The summed E-state index contributed by atoms with van der Waals surface area (Å²) in [7, 11) is 0. The van der Waals surface area contributed by atoms with Gasteiger partial charge in [0.05, 0.1) is 10.7 Å². The van der Waals surface area contributed by atoms with Crippen LogP contribution in [0.3, 0.4) is 0 Å². The lowest BCUT2D eigenvalue weighted by Gasteiger charge is -2.26. The largest absolute Gasteiger partial charge is 0.330 e. The summed E-state index contributed by atoms with van der Waals surface area (Å²) in [6.45, 7) is 0.674. The average Bonchev–Trinajstić information content (AvgIpc) is 2.43. The molecule has 1 amide bonds. The molecule has 0 heterocycles. The number of amides is 1. The van der Waals surface area contributed by atoms with E-state index in [9.17, 15) is 9.18 Å². The van der Waals surface area contributed by atoms with Crippen LogP contribution in [0, 0.1) is 17.7 Å². The lowest BCUT2D eigenvalue weighted by Crippen LogP contribution is -2.29. The molecule has 1 saturated carbocycles. The first-order valence-electron chi connectivity index (χ1n) is 6.56. The zero-order valence-electron chi connectivity index (χ0n) is 10.7. The number of rotatable bonds is 3. The van der Waals surface area contributed by atoms with Crippen LogP contribution >= 0.6 is 11.6 Å². The molecule has 1 fully saturated rings. The molecule has 3 N–H and O–H groups in total. The number of benzene rings is 1. The molecule has 1 aromatic carbocycles. The number of hydrogen-bond donors (Lipinski definition) is 2. The number of anilines is 1. The first kappa shape index (κ1) is 14.3. The van der Waals surface area contributed by atoms with Gasteiger partial charge < -0.3 is 11.1 Å². The Balaban J connectivity index is 1.98. The minimum atomic E-state index is -0.503. The van der Waals surface area contributed by atoms with Crippen molar-refractivity contribution in [2.24, 2.45) is 17.6 Å². The molecule has 2 rings (SSSR count). The summed E-state index contributed by atoms with van der Waals surface area (Å²) in [5.41, 5.74) is 5.70. The predicted octanol–water partition coefficient (Wildman–Crippen LogP) is 3.18. The number of nitrogens with one attached hydrogen (secondary N) is 1. The summed E-state index contributed by atoms with van der Waals surface area (Å²) in [4.78, 5) is 12.1. The van der Waals surface area contributed by atoms with Crippen LogP contribution in [0.5, 0.6) is 0 Å². The van der Waals surface area contributed by atoms with Crippen LogP contribution < -0.4 is 11.1 Å². The Labute approximate surface area is 117 Å². The van der Waals surface area contributed by atoms with Gasteiger partial charge in [0.15, 0.2) is 0 Å². The first-order chi connectivity index (χ1) is 9.11. The second-order valence-electron chi connectivity index (χ2n) is 5.04. The third-order valence-corrected chi connectivity index (χ3v) is 4.08. The van der Waals surface area contributed by atoms with Crippen molar-refractivity contribution in [2.75, 3.05) is 11.9 Å². The fraction of sp³-hybridized carbons (Fsp3) is 0.500. The standard InChI is InChI=1S/C14H18ClFN2O/c15-11-2-1-3-12(16)13(11)18-14(19)10-6-4-9(8-17)5-7-10/h1-3,9-10H,4-8,17H2,(H,18,19). The molecule has 0 aliphatic heterocycles. The zero-order chi connectivity index (χ0) is 13.8. The van der Waals surface area contributed by atoms with Crippen molar-refractivity contribution >= 4 is 23.2 Å². The lowest BCUT2D eigenvalue weighted by molar-refractivity contribution is -0.121. The van der Waals surface area contributed by atoms with Gasteiger partial charge in [-0.05, 0) is 50.3 Å². The predicted molar refractivity (Wildman–Crippen MR) is 74.5 cm³/mol. The summed E-state index contributed by atoms with van der Waals surface area (Å²) < 4.78 is 13.6. The van der Waals surface area contributed by atoms with E-state index in [2.05, 4.69) is 5.32 Å². The number of halogens is 2. The quantitative estimate of drug-likeness (QED) is 0.896. The number of hydrogen-bond acceptors (Lipinski definition) is 2. The van der Waals surface area contributed by atoms with Crippen LogP contribution in [-0.4, -0.2) is 12.5 Å². The monoisotopic (exact) mass is 284 g/mol. The van der Waals surface area contributed by atoms with Crippen LogP contribution in [0.4, 0.5) is 10.1 Å². The van der Waals surface area contributed by atoms with Crippen molar-refractivity contribution in [3.05, 3.63) is 29.0 Å². The molecule has 1 aromatic rings. The lowest BCUT2D eigenvalue weighted by atomic mass is 9.81. The summed E-state index contributed by atoms with van der Waals surface area (Å²) in [5, 5.41) is 2.83. The van der Waals surface area contributed by atoms with E-state index in [1.807, 2.05) is 0 Å². The molecular formula is C14H18ClFN2O. The van der Waals surface area contributed by atoms with Crippen molar-refractivity contribution < 1.29 is 9.18 Å². The molecule has 0 bridgehead atoms. The van der Waals surface area contributed by atoms with Crippen molar-refractivity contribution in [1.82, 2.24) is 0 Å². The topological polar surface area (TPSA) is 55.1 Å². The number of carbonyl (C=O) groups is 1. The van der Waals surface area contributed by atoms with Gasteiger partial charge in [-0.25, -0.2) is 4.39 Å². The summed E-state index contributed by atoms with van der Waals surface area (Å²) in [5.74, 6) is -0.210. The Morgan fingerprint density at radius 2 is 2.05 bits per heavy atom. The highest BCUT2D eigenvalue weighted by molar-refractivity contribution is 6.33. The van der Waals surface area contributed by atoms with Gasteiger partial charge in [-0.1, -0.05) is 17.7 Å². The number of para-hydroxylation sites is 1. The van der Waals surface area contributed by atoms with Crippen molar-refractivity contribution in [3.63, 3.8) is 0 Å². The molecule has 0 spiro atoms. The molecule has 5 heteroatoms. The molecule has 3 nitrogen and oxygen atoms in total. The van der Waals surface area contributed by atoms with Crippen LogP contribution in [0.1, 0.15) is 25.7 Å². The van der Waals surface area contributed by atoms with E-state index < -0.39 is 5.82 Å². The SMILES string of the molecule is NCC1CCC(C(=O)Nc2c(F)cccc2Cl)CC1. The zero-order valence-corrected chi connectivity index (χ0v) is 11.4. The van der Waals surface area contributed by atoms with E-state index in [1.54, 1.807) is 6.07 Å². The maximum atomic E-state index is 13.6. The first-order valence-corrected chi connectivity index (χ1v) is 6.94. The fourth-order valence-electron chi connectivity index (χ4n) is 2.50. The number of nitrogens with two attached hydrogens (primary N) is 1. The van der Waals surface area contributed by atoms with Crippen LogP contribution in [0.15, 0.2) is 18.2 Å². The van der Waals surface area contributed by atoms with Gasteiger partial charge in [-0.2, -0.15) is 0 Å². The minimum Gasteiger partial charge on any atom is -0.330 e. The molecule has 1 aliphatic carbocycles. The van der Waals surface area contributed by atoms with E-state index in [0.29, 0.717) is 12.5 Å². The van der Waals surface area contributed by atoms with Crippen LogP contribution in [-0.2, 0) is 4.79 Å². The summed E-state index contributed by atoms with van der Waals surface area (Å²) in [6, 6.07) is 4.36. The minimum absolute atomic E-state index is 0.0709. The normalized spacial score (nSPS) is 23.1. The highest BCUT2D eigenvalue weighted by Crippen LogP contribution is 2.30. The van der Waals surface area contributed by atoms with E-state index in [0.717, 1.165) is 25.7 Å². The molecule has 0 radical (unpaired) electrons. The van der Waals surface area contributed by atoms with Gasteiger partial charge in [0.1, 0.15) is 5.82 Å². The molecule has 104 valence electrons. The third kappa shape index (κ3) is 3.45. The fourth-order valence-corrected chi connectivity index (χ4v) is 2.71. The van der Waals surface area contributed by atoms with E-state index >= 15 is 0 Å². The highest BCUT2D eigenvalue weighted by Gasteiger charge is 2.26. The summed E-state index contributed by atoms with van der Waals surface area (Å²) in [6.07, 6.45) is 3.53. The van der Waals surface area contributed by atoms with Crippen molar-refractivity contribution in [2.45, 2.75) is 25.7 Å². The smallest absolute Gasteiger partial charge is 0.227 e. The van der Waals surface area contributed by atoms with E-state index in [1.165, 1.54) is 12.1 Å². The second kappa shape index (κ2) is 6.35. The van der Waals surface area contributed by atoms with E-state index in [-0.39, 0.29) is 22.5 Å². The van der Waals surface area contributed by atoms with E-state index in [4.69, 9.17) is 17.3 Å². The molecule has 0 unspecified atom stereocenters. The molecular weight excluding hydrogens is 267 g/mol. The Kier molecular flexibility index (Phi) is 4.77. The third-order valence-electron chi connectivity index (χ3n) is 3.76. The van der Waals surface area contributed by atoms with Crippen LogP contribution in [0.25, 0.3) is 0 Å². The Hall–Kier alpha value is -1.13.